The van der Waals surface area contributed by atoms with Gasteiger partial charge in [0.05, 0.1) is 6.10 Å². The van der Waals surface area contributed by atoms with Crippen molar-refractivity contribution < 1.29 is 9.47 Å². The summed E-state index contributed by atoms with van der Waals surface area (Å²) in [5, 5.41) is 0.369. The molecule has 0 aromatic carbocycles. The second-order valence-electron chi connectivity index (χ2n) is 4.96. The molecule has 2 rings (SSSR count). The van der Waals surface area contributed by atoms with Crippen LogP contribution >= 0.6 is 11.6 Å². The number of hydrogen-bond acceptors (Lipinski definition) is 3. The van der Waals surface area contributed by atoms with Crippen molar-refractivity contribution in [2.45, 2.75) is 45.3 Å². The maximum absolute atomic E-state index is 6.01. The van der Waals surface area contributed by atoms with Crippen LogP contribution in [0.3, 0.4) is 0 Å². The number of rotatable bonds is 3. The Bertz CT molecular complexity index is 383. The zero-order valence-corrected chi connectivity index (χ0v) is 10.5. The van der Waals surface area contributed by atoms with Gasteiger partial charge in [-0.3, -0.25) is 0 Å². The zero-order valence-electron chi connectivity index (χ0n) is 9.79. The molecule has 3 nitrogen and oxygen atoms in total. The second-order valence-corrected chi connectivity index (χ2v) is 5.32. The third-order valence-corrected chi connectivity index (χ3v) is 2.32. The fourth-order valence-electron chi connectivity index (χ4n) is 1.28. The molecule has 0 radical (unpaired) electrons. The molecular weight excluding hydrogens is 226 g/mol. The van der Waals surface area contributed by atoms with Gasteiger partial charge in [0, 0.05) is 12.3 Å². The predicted octanol–water partition coefficient (Wildman–Crippen LogP) is 3.45. The van der Waals surface area contributed by atoms with Crippen LogP contribution in [0.1, 0.15) is 33.6 Å². The molecule has 1 heterocycles. The van der Waals surface area contributed by atoms with Gasteiger partial charge in [-0.05, 0) is 33.6 Å². The SMILES string of the molecule is CC(C)(C)Oc1ccnc(Cl)c1OC1CC1. The van der Waals surface area contributed by atoms with E-state index in [9.17, 15) is 0 Å². The Morgan fingerprint density at radius 3 is 2.62 bits per heavy atom. The monoisotopic (exact) mass is 241 g/mol. The summed E-state index contributed by atoms with van der Waals surface area (Å²) in [5.41, 5.74) is -0.271. The number of halogens is 1. The van der Waals surface area contributed by atoms with Crippen LogP contribution in [0.25, 0.3) is 0 Å². The third-order valence-electron chi connectivity index (χ3n) is 2.05. The standard InChI is InChI=1S/C12H16ClNO2/c1-12(2,3)16-9-6-7-14-11(13)10(9)15-8-4-5-8/h6-8H,4-5H2,1-3H3. The van der Waals surface area contributed by atoms with Gasteiger partial charge in [-0.15, -0.1) is 0 Å². The van der Waals surface area contributed by atoms with E-state index in [2.05, 4.69) is 4.98 Å². The van der Waals surface area contributed by atoms with E-state index in [1.165, 1.54) is 0 Å². The largest absolute Gasteiger partial charge is 0.484 e. The van der Waals surface area contributed by atoms with Crippen LogP contribution in [-0.2, 0) is 0 Å². The first kappa shape index (κ1) is 11.5. The fourth-order valence-corrected chi connectivity index (χ4v) is 1.47. The van der Waals surface area contributed by atoms with Crippen molar-refractivity contribution in [2.24, 2.45) is 0 Å². The minimum Gasteiger partial charge on any atom is -0.484 e. The Morgan fingerprint density at radius 1 is 1.38 bits per heavy atom. The molecule has 0 saturated heterocycles. The summed E-state index contributed by atoms with van der Waals surface area (Å²) >= 11 is 6.01. The van der Waals surface area contributed by atoms with E-state index in [4.69, 9.17) is 21.1 Å². The Hall–Kier alpha value is -0.960. The van der Waals surface area contributed by atoms with Crippen molar-refractivity contribution >= 4 is 11.6 Å². The average Bonchev–Trinajstić information content (AvgIpc) is 2.92. The quantitative estimate of drug-likeness (QED) is 0.760. The molecule has 1 fully saturated rings. The van der Waals surface area contributed by atoms with E-state index in [0.29, 0.717) is 16.7 Å². The summed E-state index contributed by atoms with van der Waals surface area (Å²) in [5.74, 6) is 1.24. The first-order valence-corrected chi connectivity index (χ1v) is 5.84. The van der Waals surface area contributed by atoms with Crippen molar-refractivity contribution in [1.29, 1.82) is 0 Å². The highest BCUT2D eigenvalue weighted by molar-refractivity contribution is 6.31. The van der Waals surface area contributed by atoms with E-state index < -0.39 is 0 Å². The molecule has 1 aromatic rings. The smallest absolute Gasteiger partial charge is 0.199 e. The van der Waals surface area contributed by atoms with Crippen LogP contribution in [0.4, 0.5) is 0 Å². The molecule has 1 saturated carbocycles. The minimum atomic E-state index is -0.271. The van der Waals surface area contributed by atoms with Gasteiger partial charge in [0.1, 0.15) is 5.60 Å². The maximum Gasteiger partial charge on any atom is 0.199 e. The molecule has 1 aromatic heterocycles. The van der Waals surface area contributed by atoms with Gasteiger partial charge >= 0.3 is 0 Å². The zero-order chi connectivity index (χ0) is 11.8. The Morgan fingerprint density at radius 2 is 2.06 bits per heavy atom. The Kier molecular flexibility index (Phi) is 2.98. The lowest BCUT2D eigenvalue weighted by molar-refractivity contribution is 0.122. The maximum atomic E-state index is 6.01. The molecule has 16 heavy (non-hydrogen) atoms. The number of pyridine rings is 1. The van der Waals surface area contributed by atoms with Gasteiger partial charge in [-0.1, -0.05) is 11.6 Å². The van der Waals surface area contributed by atoms with Crippen molar-refractivity contribution in [1.82, 2.24) is 4.98 Å². The summed E-state index contributed by atoms with van der Waals surface area (Å²) in [6.45, 7) is 5.96. The van der Waals surface area contributed by atoms with E-state index in [1.807, 2.05) is 20.8 Å². The molecular formula is C12H16ClNO2. The third kappa shape index (κ3) is 3.01. The van der Waals surface area contributed by atoms with Gasteiger partial charge in [-0.25, -0.2) is 4.98 Å². The van der Waals surface area contributed by atoms with E-state index in [1.54, 1.807) is 12.3 Å². The van der Waals surface area contributed by atoms with Crippen LogP contribution in [0, 0.1) is 0 Å². The Balaban J connectivity index is 2.24. The lowest BCUT2D eigenvalue weighted by Crippen LogP contribution is -2.23. The molecule has 88 valence electrons. The highest BCUT2D eigenvalue weighted by Gasteiger charge is 2.27. The highest BCUT2D eigenvalue weighted by atomic mass is 35.5. The number of hydrogen-bond donors (Lipinski definition) is 0. The van der Waals surface area contributed by atoms with E-state index >= 15 is 0 Å². The molecule has 0 amide bonds. The second kappa shape index (κ2) is 4.13. The summed E-state index contributed by atoms with van der Waals surface area (Å²) < 4.78 is 11.5. The number of ether oxygens (including phenoxy) is 2. The number of aromatic nitrogens is 1. The van der Waals surface area contributed by atoms with Crippen molar-refractivity contribution in [3.63, 3.8) is 0 Å². The summed E-state index contributed by atoms with van der Waals surface area (Å²) in [6.07, 6.45) is 4.08. The normalized spacial score (nSPS) is 16.0. The molecule has 0 aliphatic heterocycles. The van der Waals surface area contributed by atoms with Gasteiger partial charge in [0.25, 0.3) is 0 Å². The van der Waals surface area contributed by atoms with Crippen LogP contribution < -0.4 is 9.47 Å². The van der Waals surface area contributed by atoms with Gasteiger partial charge in [0.2, 0.25) is 0 Å². The molecule has 1 aliphatic rings. The Labute approximate surface area is 101 Å². The molecule has 0 atom stereocenters. The minimum absolute atomic E-state index is 0.271. The highest BCUT2D eigenvalue weighted by Crippen LogP contribution is 2.39. The van der Waals surface area contributed by atoms with Crippen molar-refractivity contribution in [2.75, 3.05) is 0 Å². The van der Waals surface area contributed by atoms with Gasteiger partial charge < -0.3 is 9.47 Å². The average molecular weight is 242 g/mol. The molecule has 0 spiro atoms. The van der Waals surface area contributed by atoms with Gasteiger partial charge in [0.15, 0.2) is 16.7 Å². The summed E-state index contributed by atoms with van der Waals surface area (Å²) in [6, 6.07) is 1.79. The predicted molar refractivity (Wildman–Crippen MR) is 63.3 cm³/mol. The van der Waals surface area contributed by atoms with Crippen LogP contribution in [0.2, 0.25) is 5.15 Å². The first-order chi connectivity index (χ1) is 7.46. The van der Waals surface area contributed by atoms with Gasteiger partial charge in [-0.2, -0.15) is 0 Å². The van der Waals surface area contributed by atoms with Crippen LogP contribution in [-0.4, -0.2) is 16.7 Å². The van der Waals surface area contributed by atoms with Crippen molar-refractivity contribution in [3.05, 3.63) is 17.4 Å². The first-order valence-electron chi connectivity index (χ1n) is 5.46. The molecule has 1 aliphatic carbocycles. The lowest BCUT2D eigenvalue weighted by Gasteiger charge is -2.23. The fraction of sp³-hybridized carbons (Fsp3) is 0.583. The van der Waals surface area contributed by atoms with Crippen molar-refractivity contribution in [3.8, 4) is 11.5 Å². The summed E-state index contributed by atoms with van der Waals surface area (Å²) in [4.78, 5) is 4.01. The van der Waals surface area contributed by atoms with Crippen LogP contribution in [0.15, 0.2) is 12.3 Å². The van der Waals surface area contributed by atoms with E-state index in [0.717, 1.165) is 12.8 Å². The molecule has 4 heteroatoms. The van der Waals surface area contributed by atoms with Crippen LogP contribution in [0.5, 0.6) is 11.5 Å². The van der Waals surface area contributed by atoms with E-state index in [-0.39, 0.29) is 11.7 Å². The summed E-state index contributed by atoms with van der Waals surface area (Å²) in [7, 11) is 0. The molecule has 0 unspecified atom stereocenters. The lowest BCUT2D eigenvalue weighted by atomic mass is 10.2. The number of nitrogens with zero attached hydrogens (tertiary/aromatic N) is 1. The molecule has 0 bridgehead atoms. The topological polar surface area (TPSA) is 31.4 Å². The molecule has 0 N–H and O–H groups in total.